The second-order valence-corrected chi connectivity index (χ2v) is 8.17. The van der Waals surface area contributed by atoms with Crippen molar-refractivity contribution in [3.8, 4) is 21.9 Å². The van der Waals surface area contributed by atoms with Crippen LogP contribution in [0.2, 0.25) is 0 Å². The molecule has 0 saturated heterocycles. The summed E-state index contributed by atoms with van der Waals surface area (Å²) in [6, 6.07) is 7.71. The Morgan fingerprint density at radius 1 is 1.20 bits per heavy atom. The molecule has 1 amide bonds. The highest BCUT2D eigenvalue weighted by Crippen LogP contribution is 2.42. The SMILES string of the molecule is O=C(Cn1cnc2scc(-c3cccs3)c2c1=O)Nc1ccc2c(c1)OC(F)(F)O2. The summed E-state index contributed by atoms with van der Waals surface area (Å²) in [7, 11) is 0. The molecule has 0 radical (unpaired) electrons. The Bertz CT molecular complexity index is 1330. The van der Waals surface area contributed by atoms with Crippen LogP contribution in [0.3, 0.4) is 0 Å². The van der Waals surface area contributed by atoms with Crippen LogP contribution in [0.25, 0.3) is 20.7 Å². The van der Waals surface area contributed by atoms with Crippen molar-refractivity contribution in [3.63, 3.8) is 0 Å². The normalized spacial score (nSPS) is 14.2. The molecule has 1 aliphatic heterocycles. The van der Waals surface area contributed by atoms with Crippen LogP contribution in [0.5, 0.6) is 11.5 Å². The van der Waals surface area contributed by atoms with Gasteiger partial charge in [0, 0.05) is 27.6 Å². The van der Waals surface area contributed by atoms with E-state index in [2.05, 4.69) is 19.8 Å². The first-order valence-electron chi connectivity index (χ1n) is 8.60. The van der Waals surface area contributed by atoms with Crippen molar-refractivity contribution >= 4 is 44.5 Å². The summed E-state index contributed by atoms with van der Waals surface area (Å²) in [5.74, 6) is -0.823. The third-order valence-electron chi connectivity index (χ3n) is 4.35. The summed E-state index contributed by atoms with van der Waals surface area (Å²) < 4.78 is 36.2. The van der Waals surface area contributed by atoms with Gasteiger partial charge < -0.3 is 14.8 Å². The molecular weight excluding hydrogens is 436 g/mol. The third kappa shape index (κ3) is 3.31. The highest BCUT2D eigenvalue weighted by Gasteiger charge is 2.43. The Labute approximate surface area is 175 Å². The number of ether oxygens (including phenoxy) is 2. The third-order valence-corrected chi connectivity index (χ3v) is 6.14. The maximum Gasteiger partial charge on any atom is 0.586 e. The summed E-state index contributed by atoms with van der Waals surface area (Å²) in [6.45, 7) is -0.286. The Hall–Kier alpha value is -3.31. The second-order valence-electron chi connectivity index (χ2n) is 6.36. The number of hydrogen-bond donors (Lipinski definition) is 1. The van der Waals surface area contributed by atoms with Crippen LogP contribution in [0.4, 0.5) is 14.5 Å². The number of alkyl halides is 2. The number of amides is 1. The lowest BCUT2D eigenvalue weighted by Crippen LogP contribution is -2.27. The van der Waals surface area contributed by atoms with Crippen molar-refractivity contribution in [2.45, 2.75) is 12.8 Å². The van der Waals surface area contributed by atoms with Gasteiger partial charge in [-0.1, -0.05) is 6.07 Å². The zero-order valence-corrected chi connectivity index (χ0v) is 16.6. The Kier molecular flexibility index (Phi) is 4.29. The molecule has 1 aliphatic rings. The molecule has 0 unspecified atom stereocenters. The van der Waals surface area contributed by atoms with Gasteiger partial charge in [-0.2, -0.15) is 0 Å². The van der Waals surface area contributed by atoms with Gasteiger partial charge >= 0.3 is 6.29 Å². The van der Waals surface area contributed by atoms with Crippen LogP contribution < -0.4 is 20.3 Å². The van der Waals surface area contributed by atoms with Crippen LogP contribution in [0.1, 0.15) is 0 Å². The molecule has 1 N–H and O–H groups in total. The maximum absolute atomic E-state index is 13.1. The van der Waals surface area contributed by atoms with Gasteiger partial charge in [0.2, 0.25) is 5.91 Å². The van der Waals surface area contributed by atoms with E-state index in [-0.39, 0.29) is 29.3 Å². The maximum atomic E-state index is 13.1. The monoisotopic (exact) mass is 447 g/mol. The molecule has 0 aliphatic carbocycles. The fraction of sp³-hybridized carbons (Fsp3) is 0.105. The molecule has 0 bridgehead atoms. The van der Waals surface area contributed by atoms with Crippen molar-refractivity contribution in [1.82, 2.24) is 9.55 Å². The van der Waals surface area contributed by atoms with E-state index in [0.717, 1.165) is 10.4 Å². The topological polar surface area (TPSA) is 82.5 Å². The molecular formula is C19H11F2N3O4S2. The Balaban J connectivity index is 1.39. The Morgan fingerprint density at radius 2 is 2.03 bits per heavy atom. The number of aromatic nitrogens is 2. The zero-order valence-electron chi connectivity index (χ0n) is 14.9. The molecule has 0 saturated carbocycles. The van der Waals surface area contributed by atoms with E-state index in [1.165, 1.54) is 51.8 Å². The second kappa shape index (κ2) is 6.89. The van der Waals surface area contributed by atoms with Gasteiger partial charge in [-0.3, -0.25) is 14.2 Å². The number of thiophene rings is 2. The number of fused-ring (bicyclic) bond motifs is 2. The molecule has 11 heteroatoms. The summed E-state index contributed by atoms with van der Waals surface area (Å²) in [5, 5.41) is 6.81. The number of nitrogens with zero attached hydrogens (tertiary/aromatic N) is 2. The smallest absolute Gasteiger partial charge is 0.395 e. The van der Waals surface area contributed by atoms with Crippen LogP contribution in [-0.4, -0.2) is 21.8 Å². The highest BCUT2D eigenvalue weighted by atomic mass is 32.1. The van der Waals surface area contributed by atoms with Crippen molar-refractivity contribution in [3.05, 3.63) is 57.8 Å². The number of hydrogen-bond acceptors (Lipinski definition) is 7. The number of anilines is 1. The highest BCUT2D eigenvalue weighted by molar-refractivity contribution is 7.18. The molecule has 3 aromatic heterocycles. The molecule has 0 spiro atoms. The van der Waals surface area contributed by atoms with E-state index in [1.54, 1.807) is 0 Å². The van der Waals surface area contributed by atoms with Crippen molar-refractivity contribution in [2.75, 3.05) is 5.32 Å². The first-order chi connectivity index (χ1) is 14.4. The molecule has 152 valence electrons. The van der Waals surface area contributed by atoms with Gasteiger partial charge in [0.05, 0.1) is 11.7 Å². The fourth-order valence-electron chi connectivity index (χ4n) is 3.08. The summed E-state index contributed by atoms with van der Waals surface area (Å²) >= 11 is 2.87. The van der Waals surface area contributed by atoms with Gasteiger partial charge in [0.1, 0.15) is 11.4 Å². The summed E-state index contributed by atoms with van der Waals surface area (Å²) in [4.78, 5) is 31.2. The fourth-order valence-corrected chi connectivity index (χ4v) is 4.80. The lowest BCUT2D eigenvalue weighted by atomic mass is 10.2. The summed E-state index contributed by atoms with van der Waals surface area (Å²) in [6.07, 6.45) is -2.42. The first kappa shape index (κ1) is 18.7. The van der Waals surface area contributed by atoms with Crippen molar-refractivity contribution in [2.24, 2.45) is 0 Å². The van der Waals surface area contributed by atoms with Gasteiger partial charge in [0.15, 0.2) is 11.5 Å². The molecule has 7 nitrogen and oxygen atoms in total. The van der Waals surface area contributed by atoms with Crippen molar-refractivity contribution in [1.29, 1.82) is 0 Å². The van der Waals surface area contributed by atoms with Crippen molar-refractivity contribution < 1.29 is 23.0 Å². The minimum absolute atomic E-state index is 0.123. The molecule has 4 aromatic rings. The van der Waals surface area contributed by atoms with Crippen LogP contribution in [0, 0.1) is 0 Å². The van der Waals surface area contributed by atoms with E-state index in [0.29, 0.717) is 10.2 Å². The molecule has 0 atom stereocenters. The molecule has 0 fully saturated rings. The lowest BCUT2D eigenvalue weighted by Gasteiger charge is -2.08. The van der Waals surface area contributed by atoms with Gasteiger partial charge in [-0.25, -0.2) is 4.98 Å². The van der Waals surface area contributed by atoms with Crippen LogP contribution in [0.15, 0.2) is 52.2 Å². The van der Waals surface area contributed by atoms with Gasteiger partial charge in [-0.15, -0.1) is 31.5 Å². The standard InChI is InChI=1S/C19H11F2N3O4S2/c20-19(21)27-12-4-3-10(6-13(12)28-19)23-15(25)7-24-9-22-17-16(18(24)26)11(8-30-17)14-2-1-5-29-14/h1-6,8-9H,7H2,(H,23,25). The zero-order chi connectivity index (χ0) is 20.9. The average molecular weight is 447 g/mol. The van der Waals surface area contributed by atoms with Gasteiger partial charge in [-0.05, 0) is 23.6 Å². The van der Waals surface area contributed by atoms with Crippen LogP contribution in [-0.2, 0) is 11.3 Å². The molecule has 5 rings (SSSR count). The minimum atomic E-state index is -3.74. The number of halogens is 2. The molecule has 1 aromatic carbocycles. The number of nitrogens with one attached hydrogen (secondary N) is 1. The van der Waals surface area contributed by atoms with Gasteiger partial charge in [0.25, 0.3) is 5.56 Å². The van der Waals surface area contributed by atoms with E-state index in [9.17, 15) is 18.4 Å². The predicted octanol–water partition coefficient (Wildman–Crippen LogP) is 4.15. The van der Waals surface area contributed by atoms with E-state index < -0.39 is 12.2 Å². The summed E-state index contributed by atoms with van der Waals surface area (Å²) in [5.41, 5.74) is 0.691. The number of carbonyl (C=O) groups excluding carboxylic acids is 1. The predicted molar refractivity (Wildman–Crippen MR) is 108 cm³/mol. The minimum Gasteiger partial charge on any atom is -0.395 e. The number of rotatable bonds is 4. The average Bonchev–Trinajstić information content (AvgIpc) is 3.40. The first-order valence-corrected chi connectivity index (χ1v) is 10.4. The van der Waals surface area contributed by atoms with E-state index >= 15 is 0 Å². The van der Waals surface area contributed by atoms with E-state index in [4.69, 9.17) is 0 Å². The quantitative estimate of drug-likeness (QED) is 0.508. The lowest BCUT2D eigenvalue weighted by molar-refractivity contribution is -0.286. The Morgan fingerprint density at radius 3 is 2.83 bits per heavy atom. The number of benzene rings is 1. The molecule has 4 heterocycles. The molecule has 30 heavy (non-hydrogen) atoms. The van der Waals surface area contributed by atoms with Crippen LogP contribution >= 0.6 is 22.7 Å². The largest absolute Gasteiger partial charge is 0.586 e. The number of carbonyl (C=O) groups is 1. The van der Waals surface area contributed by atoms with E-state index in [1.807, 2.05) is 22.9 Å².